The van der Waals surface area contributed by atoms with Crippen LogP contribution in [0, 0.1) is 5.82 Å². The van der Waals surface area contributed by atoms with Gasteiger partial charge < -0.3 is 5.73 Å². The van der Waals surface area contributed by atoms with Gasteiger partial charge in [-0.1, -0.05) is 18.2 Å². The number of nitrogens with zero attached hydrogens (tertiary/aromatic N) is 2. The van der Waals surface area contributed by atoms with Crippen molar-refractivity contribution in [3.63, 3.8) is 0 Å². The molecule has 0 bridgehead atoms. The van der Waals surface area contributed by atoms with Gasteiger partial charge in [-0.3, -0.25) is 4.40 Å². The molecule has 2 aromatic heterocycles. The molecule has 0 atom stereocenters. The minimum Gasteiger partial charge on any atom is -0.383 e. The van der Waals surface area contributed by atoms with E-state index < -0.39 is 0 Å². The van der Waals surface area contributed by atoms with Crippen LogP contribution in [0.15, 0.2) is 42.6 Å². The average Bonchev–Trinajstić information content (AvgIpc) is 3.26. The van der Waals surface area contributed by atoms with E-state index in [0.29, 0.717) is 17.4 Å². The Morgan fingerprint density at radius 2 is 2.05 bits per heavy atom. The Kier molecular flexibility index (Phi) is 2.33. The maximum Gasteiger partial charge on any atom is 0.140 e. The first kappa shape index (κ1) is 11.5. The maximum atomic E-state index is 13.3. The molecule has 0 unspecified atom stereocenters. The van der Waals surface area contributed by atoms with Crippen molar-refractivity contribution in [2.24, 2.45) is 0 Å². The summed E-state index contributed by atoms with van der Waals surface area (Å²) in [7, 11) is 0. The molecule has 4 heteroatoms. The minimum atomic E-state index is -0.320. The van der Waals surface area contributed by atoms with Crippen molar-refractivity contribution in [3.8, 4) is 11.3 Å². The highest BCUT2D eigenvalue weighted by Crippen LogP contribution is 2.41. The summed E-state index contributed by atoms with van der Waals surface area (Å²) in [6.45, 7) is 0. The van der Waals surface area contributed by atoms with Gasteiger partial charge in [0.05, 0.1) is 0 Å². The molecule has 0 radical (unpaired) electrons. The Labute approximate surface area is 115 Å². The lowest BCUT2D eigenvalue weighted by Crippen LogP contribution is -1.95. The molecule has 2 heterocycles. The highest BCUT2D eigenvalue weighted by atomic mass is 19.1. The van der Waals surface area contributed by atoms with Crippen molar-refractivity contribution >= 4 is 11.5 Å². The van der Waals surface area contributed by atoms with Crippen molar-refractivity contribution in [2.75, 3.05) is 5.73 Å². The number of aromatic nitrogens is 2. The summed E-state index contributed by atoms with van der Waals surface area (Å²) in [6, 6.07) is 11.4. The molecule has 20 heavy (non-hydrogen) atoms. The molecule has 2 N–H and O–H groups in total. The molecule has 3 nitrogen and oxygen atoms in total. The second-order valence-electron chi connectivity index (χ2n) is 5.32. The Hall–Kier alpha value is -2.36. The third-order valence-corrected chi connectivity index (χ3v) is 3.83. The summed E-state index contributed by atoms with van der Waals surface area (Å²) < 4.78 is 14.9. The fourth-order valence-electron chi connectivity index (χ4n) is 2.61. The smallest absolute Gasteiger partial charge is 0.140 e. The van der Waals surface area contributed by atoms with Gasteiger partial charge in [-0.2, -0.15) is 0 Å². The molecule has 0 aliphatic heterocycles. The lowest BCUT2D eigenvalue weighted by molar-refractivity contribution is 0.619. The van der Waals surface area contributed by atoms with Crippen LogP contribution in [0.5, 0.6) is 0 Å². The molecule has 0 saturated heterocycles. The number of hydrogen-bond donors (Lipinski definition) is 1. The van der Waals surface area contributed by atoms with E-state index in [2.05, 4.69) is 17.1 Å². The van der Waals surface area contributed by atoms with Crippen molar-refractivity contribution < 1.29 is 4.39 Å². The molecule has 4 rings (SSSR count). The fraction of sp³-hybridized carbons (Fsp3) is 0.188. The predicted molar refractivity (Wildman–Crippen MR) is 77.0 cm³/mol. The monoisotopic (exact) mass is 267 g/mol. The fourth-order valence-corrected chi connectivity index (χ4v) is 2.61. The zero-order valence-corrected chi connectivity index (χ0v) is 10.9. The number of fused-ring (bicyclic) bond motifs is 1. The Morgan fingerprint density at radius 1 is 1.20 bits per heavy atom. The topological polar surface area (TPSA) is 43.3 Å². The van der Waals surface area contributed by atoms with Crippen molar-refractivity contribution in [3.05, 3.63) is 54.0 Å². The summed E-state index contributed by atoms with van der Waals surface area (Å²) in [4.78, 5) is 4.52. The van der Waals surface area contributed by atoms with E-state index in [1.165, 1.54) is 30.7 Å². The molecule has 1 aliphatic carbocycles. The lowest BCUT2D eigenvalue weighted by Gasteiger charge is -2.03. The van der Waals surface area contributed by atoms with Gasteiger partial charge in [-0.15, -0.1) is 0 Å². The van der Waals surface area contributed by atoms with E-state index >= 15 is 0 Å². The lowest BCUT2D eigenvalue weighted by atomic mass is 10.1. The van der Waals surface area contributed by atoms with Gasteiger partial charge in [-0.25, -0.2) is 9.37 Å². The number of hydrogen-bond acceptors (Lipinski definition) is 2. The predicted octanol–water partition coefficient (Wildman–Crippen LogP) is 3.60. The molecular weight excluding hydrogens is 253 g/mol. The third kappa shape index (κ3) is 1.76. The first-order chi connectivity index (χ1) is 9.72. The summed E-state index contributed by atoms with van der Waals surface area (Å²) in [5.74, 6) is 0.845. The van der Waals surface area contributed by atoms with E-state index in [0.717, 1.165) is 11.3 Å². The highest BCUT2D eigenvalue weighted by Gasteiger charge is 2.24. The average molecular weight is 267 g/mol. The Bertz CT molecular complexity index is 803. The maximum absolute atomic E-state index is 13.3. The summed E-state index contributed by atoms with van der Waals surface area (Å²) in [6.07, 6.45) is 3.89. The van der Waals surface area contributed by atoms with E-state index in [9.17, 15) is 4.39 Å². The van der Waals surface area contributed by atoms with E-state index in [-0.39, 0.29) is 5.82 Å². The molecule has 0 amide bonds. The molecule has 3 aromatic rings. The van der Waals surface area contributed by atoms with Crippen molar-refractivity contribution in [1.82, 2.24) is 9.38 Å². The molecule has 100 valence electrons. The number of pyridine rings is 1. The molecule has 1 saturated carbocycles. The quantitative estimate of drug-likeness (QED) is 0.771. The first-order valence-corrected chi connectivity index (χ1v) is 6.76. The molecule has 1 aliphatic rings. The van der Waals surface area contributed by atoms with Crippen molar-refractivity contribution in [1.29, 1.82) is 0 Å². The number of benzene rings is 1. The second kappa shape index (κ2) is 4.07. The second-order valence-corrected chi connectivity index (χ2v) is 5.32. The van der Waals surface area contributed by atoms with Crippen molar-refractivity contribution in [2.45, 2.75) is 18.8 Å². The Morgan fingerprint density at radius 3 is 2.85 bits per heavy atom. The van der Waals surface area contributed by atoms with Gasteiger partial charge in [0.15, 0.2) is 0 Å². The van der Waals surface area contributed by atoms with Gasteiger partial charge in [0.25, 0.3) is 0 Å². The van der Waals surface area contributed by atoms with Gasteiger partial charge in [0, 0.05) is 11.8 Å². The van der Waals surface area contributed by atoms with E-state index in [1.54, 1.807) is 10.5 Å². The Balaban J connectivity index is 1.89. The zero-order chi connectivity index (χ0) is 13.7. The third-order valence-electron chi connectivity index (χ3n) is 3.83. The van der Waals surface area contributed by atoms with Crippen LogP contribution in [-0.2, 0) is 0 Å². The standard InChI is InChI=1S/C16H14FN3/c17-13-6-7-14-19-15(16(18)20(14)9-13)12-3-1-2-11(8-12)10-4-5-10/h1-3,6-10H,4-5,18H2. The summed E-state index contributed by atoms with van der Waals surface area (Å²) in [5.41, 5.74) is 9.83. The number of rotatable bonds is 2. The molecule has 0 spiro atoms. The first-order valence-electron chi connectivity index (χ1n) is 6.76. The van der Waals surface area contributed by atoms with Crippen LogP contribution in [0.2, 0.25) is 0 Å². The van der Waals surface area contributed by atoms with Gasteiger partial charge in [-0.05, 0) is 42.5 Å². The van der Waals surface area contributed by atoms with Crippen LogP contribution in [0.1, 0.15) is 24.3 Å². The molecular formula is C16H14FN3. The summed E-state index contributed by atoms with van der Waals surface area (Å²) in [5, 5.41) is 0. The van der Waals surface area contributed by atoms with Crippen LogP contribution in [0.4, 0.5) is 10.2 Å². The van der Waals surface area contributed by atoms with Crippen LogP contribution in [-0.4, -0.2) is 9.38 Å². The minimum absolute atomic E-state index is 0.320. The SMILES string of the molecule is Nc1c(-c2cccc(C3CC3)c2)nc2ccc(F)cn12. The normalized spacial score (nSPS) is 14.8. The van der Waals surface area contributed by atoms with Crippen LogP contribution in [0.25, 0.3) is 16.9 Å². The van der Waals surface area contributed by atoms with Gasteiger partial charge >= 0.3 is 0 Å². The number of anilines is 1. The van der Waals surface area contributed by atoms with Crippen LogP contribution >= 0.6 is 0 Å². The zero-order valence-electron chi connectivity index (χ0n) is 10.9. The summed E-state index contributed by atoms with van der Waals surface area (Å²) >= 11 is 0. The molecule has 1 aromatic carbocycles. The largest absolute Gasteiger partial charge is 0.383 e. The number of nitrogen functional groups attached to an aromatic ring is 1. The van der Waals surface area contributed by atoms with E-state index in [1.807, 2.05) is 12.1 Å². The van der Waals surface area contributed by atoms with E-state index in [4.69, 9.17) is 5.73 Å². The number of imidazole rings is 1. The number of nitrogens with two attached hydrogens (primary N) is 1. The van der Waals surface area contributed by atoms with Crippen LogP contribution in [0.3, 0.4) is 0 Å². The number of halogens is 1. The van der Waals surface area contributed by atoms with Gasteiger partial charge in [0.1, 0.15) is 23.0 Å². The van der Waals surface area contributed by atoms with Crippen LogP contribution < -0.4 is 5.73 Å². The molecule has 1 fully saturated rings. The van der Waals surface area contributed by atoms with Gasteiger partial charge in [0.2, 0.25) is 0 Å². The highest BCUT2D eigenvalue weighted by molar-refractivity contribution is 5.75.